The van der Waals surface area contributed by atoms with Crippen LogP contribution < -0.4 is 0 Å². The molecular formula is C10H14IOP. The van der Waals surface area contributed by atoms with Crippen LogP contribution in [0.4, 0.5) is 0 Å². The van der Waals surface area contributed by atoms with E-state index in [2.05, 4.69) is 53.2 Å². The molecule has 0 saturated carbocycles. The van der Waals surface area contributed by atoms with Crippen molar-refractivity contribution in [3.05, 3.63) is 35.4 Å². The summed E-state index contributed by atoms with van der Waals surface area (Å²) < 4.78 is 5.29. The Labute approximate surface area is 94.6 Å². The Morgan fingerprint density at radius 1 is 1.31 bits per heavy atom. The molecule has 0 saturated heterocycles. The fourth-order valence-electron chi connectivity index (χ4n) is 1.14. The van der Waals surface area contributed by atoms with Crippen LogP contribution in [-0.4, -0.2) is 6.61 Å². The lowest BCUT2D eigenvalue weighted by Crippen LogP contribution is -1.90. The van der Waals surface area contributed by atoms with Gasteiger partial charge in [-0.3, -0.25) is 0 Å². The zero-order valence-electron chi connectivity index (χ0n) is 7.72. The normalized spacial score (nSPS) is 11.2. The molecule has 0 aliphatic carbocycles. The van der Waals surface area contributed by atoms with Gasteiger partial charge in [0, 0.05) is 0 Å². The summed E-state index contributed by atoms with van der Waals surface area (Å²) in [5, 5.41) is 0. The minimum atomic E-state index is 0.593. The van der Waals surface area contributed by atoms with Crippen LogP contribution in [0.25, 0.3) is 0 Å². The van der Waals surface area contributed by atoms with Crippen LogP contribution in [0.2, 0.25) is 0 Å². The maximum absolute atomic E-state index is 5.29. The lowest BCUT2D eigenvalue weighted by molar-refractivity contribution is 0.362. The third kappa shape index (κ3) is 4.94. The molecule has 0 amide bonds. The van der Waals surface area contributed by atoms with Crippen molar-refractivity contribution in [3.8, 4) is 0 Å². The summed E-state index contributed by atoms with van der Waals surface area (Å²) in [6.45, 7) is 3.59. The standard InChI is InChI=1S/C10H14IOP/c1-9-4-6-10(7-5-9)3-2-8-12-13-11/h4-7,13H,2-3,8H2,1H3. The van der Waals surface area contributed by atoms with Crippen LogP contribution in [0.1, 0.15) is 17.5 Å². The van der Waals surface area contributed by atoms with Crippen LogP contribution >= 0.6 is 28.5 Å². The predicted molar refractivity (Wildman–Crippen MR) is 67.8 cm³/mol. The Morgan fingerprint density at radius 2 is 2.00 bits per heavy atom. The second-order valence-corrected chi connectivity index (χ2v) is 4.78. The van der Waals surface area contributed by atoms with Gasteiger partial charge in [-0.05, 0) is 47.4 Å². The van der Waals surface area contributed by atoms with Gasteiger partial charge in [-0.25, -0.2) is 0 Å². The van der Waals surface area contributed by atoms with Gasteiger partial charge in [-0.2, -0.15) is 0 Å². The molecule has 13 heavy (non-hydrogen) atoms. The zero-order valence-corrected chi connectivity index (χ0v) is 10.9. The largest absolute Gasteiger partial charge is 0.352 e. The van der Waals surface area contributed by atoms with Gasteiger partial charge in [0.1, 0.15) is 0 Å². The average Bonchev–Trinajstić information content (AvgIpc) is 2.15. The van der Waals surface area contributed by atoms with Crippen LogP contribution in [0.3, 0.4) is 0 Å². The van der Waals surface area contributed by atoms with E-state index in [-0.39, 0.29) is 0 Å². The van der Waals surface area contributed by atoms with Crippen molar-refractivity contribution in [1.29, 1.82) is 0 Å². The van der Waals surface area contributed by atoms with E-state index in [9.17, 15) is 0 Å². The van der Waals surface area contributed by atoms with Gasteiger partial charge in [0.25, 0.3) is 0 Å². The van der Waals surface area contributed by atoms with Gasteiger partial charge in [0.2, 0.25) is 0 Å². The molecule has 1 atom stereocenters. The predicted octanol–water partition coefficient (Wildman–Crippen LogP) is 3.89. The molecule has 0 radical (unpaired) electrons. The van der Waals surface area contributed by atoms with E-state index in [1.54, 1.807) is 0 Å². The Balaban J connectivity index is 2.25. The molecule has 72 valence electrons. The van der Waals surface area contributed by atoms with E-state index >= 15 is 0 Å². The molecule has 0 bridgehead atoms. The topological polar surface area (TPSA) is 9.23 Å². The Kier molecular flexibility index (Phi) is 5.92. The quantitative estimate of drug-likeness (QED) is 0.455. The molecule has 1 aromatic rings. The summed E-state index contributed by atoms with van der Waals surface area (Å²) in [7, 11) is 0. The summed E-state index contributed by atoms with van der Waals surface area (Å²) >= 11 is 2.25. The van der Waals surface area contributed by atoms with Crippen molar-refractivity contribution < 1.29 is 4.52 Å². The molecule has 0 aromatic heterocycles. The van der Waals surface area contributed by atoms with Gasteiger partial charge in [0.05, 0.1) is 13.1 Å². The molecule has 0 N–H and O–H groups in total. The summed E-state index contributed by atoms with van der Waals surface area (Å²) in [4.78, 5) is 0. The van der Waals surface area contributed by atoms with E-state index in [1.807, 2.05) is 0 Å². The maximum atomic E-state index is 5.29. The summed E-state index contributed by atoms with van der Waals surface area (Å²) in [6, 6.07) is 8.72. The Bertz CT molecular complexity index is 235. The minimum absolute atomic E-state index is 0.593. The van der Waals surface area contributed by atoms with Gasteiger partial charge in [-0.1, -0.05) is 29.8 Å². The highest BCUT2D eigenvalue weighted by Gasteiger charge is 1.92. The van der Waals surface area contributed by atoms with Gasteiger partial charge in [0.15, 0.2) is 0 Å². The smallest absolute Gasteiger partial charge is 0.0793 e. The summed E-state index contributed by atoms with van der Waals surface area (Å²) in [5.74, 6) is 0. The molecule has 0 aliphatic heterocycles. The number of aryl methyl sites for hydroxylation is 2. The first kappa shape index (κ1) is 11.4. The fraction of sp³-hybridized carbons (Fsp3) is 0.400. The molecular weight excluding hydrogens is 294 g/mol. The third-order valence-corrected chi connectivity index (χ3v) is 3.13. The maximum Gasteiger partial charge on any atom is 0.0793 e. The number of halogens is 1. The van der Waals surface area contributed by atoms with Crippen LogP contribution in [0.15, 0.2) is 24.3 Å². The first-order valence-electron chi connectivity index (χ1n) is 4.36. The van der Waals surface area contributed by atoms with Crippen molar-refractivity contribution in [1.82, 2.24) is 0 Å². The van der Waals surface area contributed by atoms with Gasteiger partial charge >= 0.3 is 0 Å². The first-order chi connectivity index (χ1) is 6.33. The van der Waals surface area contributed by atoms with Crippen molar-refractivity contribution in [2.24, 2.45) is 0 Å². The zero-order chi connectivity index (χ0) is 9.52. The van der Waals surface area contributed by atoms with Crippen LogP contribution in [0, 0.1) is 6.92 Å². The lowest BCUT2D eigenvalue weighted by atomic mass is 10.1. The highest BCUT2D eigenvalue weighted by atomic mass is 127. The molecule has 1 aromatic carbocycles. The highest BCUT2D eigenvalue weighted by Crippen LogP contribution is 2.21. The average molecular weight is 308 g/mol. The number of hydrogen-bond acceptors (Lipinski definition) is 1. The van der Waals surface area contributed by atoms with Crippen molar-refractivity contribution in [2.75, 3.05) is 6.61 Å². The Hall–Kier alpha value is 0.340. The van der Waals surface area contributed by atoms with E-state index in [4.69, 9.17) is 4.52 Å². The van der Waals surface area contributed by atoms with Crippen molar-refractivity contribution in [2.45, 2.75) is 19.8 Å². The monoisotopic (exact) mass is 308 g/mol. The molecule has 1 nitrogen and oxygen atoms in total. The van der Waals surface area contributed by atoms with E-state index in [0.29, 0.717) is 6.45 Å². The minimum Gasteiger partial charge on any atom is -0.352 e. The number of benzene rings is 1. The third-order valence-electron chi connectivity index (χ3n) is 1.89. The number of hydrogen-bond donors (Lipinski definition) is 0. The van der Waals surface area contributed by atoms with Crippen LogP contribution in [-0.2, 0) is 10.9 Å². The molecule has 0 heterocycles. The summed E-state index contributed by atoms with van der Waals surface area (Å²) in [5.41, 5.74) is 2.74. The van der Waals surface area contributed by atoms with Crippen molar-refractivity contribution >= 4 is 28.5 Å². The van der Waals surface area contributed by atoms with E-state index in [1.165, 1.54) is 11.1 Å². The number of rotatable bonds is 5. The molecule has 0 spiro atoms. The molecule has 0 aliphatic rings. The molecule has 1 rings (SSSR count). The Morgan fingerprint density at radius 3 is 2.62 bits per heavy atom. The summed E-state index contributed by atoms with van der Waals surface area (Å²) in [6.07, 6.45) is 2.25. The highest BCUT2D eigenvalue weighted by molar-refractivity contribution is 14.2. The lowest BCUT2D eigenvalue weighted by Gasteiger charge is -2.01. The second-order valence-electron chi connectivity index (χ2n) is 3.01. The van der Waals surface area contributed by atoms with Gasteiger partial charge in [-0.15, -0.1) is 0 Å². The van der Waals surface area contributed by atoms with Gasteiger partial charge < -0.3 is 4.52 Å². The second kappa shape index (κ2) is 6.74. The van der Waals surface area contributed by atoms with E-state index < -0.39 is 0 Å². The molecule has 0 fully saturated rings. The van der Waals surface area contributed by atoms with E-state index in [0.717, 1.165) is 19.4 Å². The van der Waals surface area contributed by atoms with Crippen LogP contribution in [0.5, 0.6) is 0 Å². The SMILES string of the molecule is Cc1ccc(CCCOPI)cc1. The first-order valence-corrected chi connectivity index (χ1v) is 8.38. The molecule has 3 heteroatoms. The molecule has 1 unspecified atom stereocenters. The van der Waals surface area contributed by atoms with Crippen molar-refractivity contribution in [3.63, 3.8) is 0 Å². The fourth-order valence-corrected chi connectivity index (χ4v) is 2.02.